The summed E-state index contributed by atoms with van der Waals surface area (Å²) < 4.78 is 0. The maximum absolute atomic E-state index is 9.22. The monoisotopic (exact) mass is 450 g/mol. The van der Waals surface area contributed by atoms with Crippen molar-refractivity contribution in [2.45, 2.75) is 31.7 Å². The number of hydrogen-bond acceptors (Lipinski definition) is 8. The first-order chi connectivity index (χ1) is 15.6. The van der Waals surface area contributed by atoms with Crippen molar-refractivity contribution in [1.82, 2.24) is 15.3 Å². The molecule has 1 aromatic heterocycles. The van der Waals surface area contributed by atoms with Gasteiger partial charge in [-0.15, -0.1) is 0 Å². The maximum atomic E-state index is 9.22. The topological polar surface area (TPSA) is 124 Å². The Morgan fingerprint density at radius 1 is 1.31 bits per heavy atom. The molecule has 2 aromatic rings. The molecule has 0 spiro atoms. The van der Waals surface area contributed by atoms with Gasteiger partial charge in [0.05, 0.1) is 40.1 Å². The van der Waals surface area contributed by atoms with E-state index in [0.717, 1.165) is 50.0 Å². The average Bonchev–Trinajstić information content (AvgIpc) is 3.63. The van der Waals surface area contributed by atoms with Crippen molar-refractivity contribution in [3.05, 3.63) is 47.4 Å². The number of aliphatic imine (C=N–C) groups is 1. The van der Waals surface area contributed by atoms with E-state index in [4.69, 9.17) is 17.3 Å². The molecule has 1 aromatic carbocycles. The Kier molecular flexibility index (Phi) is 6.88. The van der Waals surface area contributed by atoms with E-state index in [1.54, 1.807) is 12.4 Å². The van der Waals surface area contributed by atoms with E-state index >= 15 is 0 Å². The van der Waals surface area contributed by atoms with E-state index in [9.17, 15) is 5.26 Å². The number of hydrogen-bond donors (Lipinski definition) is 4. The predicted molar refractivity (Wildman–Crippen MR) is 129 cm³/mol. The van der Waals surface area contributed by atoms with Crippen LogP contribution in [0, 0.1) is 16.7 Å². The van der Waals surface area contributed by atoms with Crippen LogP contribution in [0.15, 0.2) is 47.4 Å². The van der Waals surface area contributed by atoms with Gasteiger partial charge in [-0.3, -0.25) is 4.99 Å². The first kappa shape index (κ1) is 22.1. The minimum atomic E-state index is -0.194. The number of nitrogens with zero attached hydrogens (tertiary/aromatic N) is 4. The SMILES string of the molecule is N#CC1(CNc2ccc(-c3nc(NC(C=NC4CCNCC4)=CN)ncc3Cl)cc2)CC1. The second-order valence-corrected chi connectivity index (χ2v) is 8.63. The molecule has 1 aliphatic heterocycles. The highest BCUT2D eigenvalue weighted by Crippen LogP contribution is 2.44. The second kappa shape index (κ2) is 9.98. The standard InChI is InChI=1S/C23H27ClN8/c24-20-13-29-22(31-19(11-25)12-28-18-5-9-27-10-6-18)32-21(20)16-1-3-17(4-2-16)30-15-23(14-26)7-8-23/h1-4,11-13,18,27,30H,5-10,15,25H2,(H,29,31,32). The molecule has 1 aliphatic carbocycles. The number of nitrogens with two attached hydrogens (primary N) is 1. The minimum absolute atomic E-state index is 0.194. The molecule has 0 amide bonds. The van der Waals surface area contributed by atoms with E-state index in [1.807, 2.05) is 24.3 Å². The van der Waals surface area contributed by atoms with E-state index in [2.05, 4.69) is 37.0 Å². The van der Waals surface area contributed by atoms with Gasteiger partial charge in [0.1, 0.15) is 0 Å². The molecular formula is C23H27ClN8. The summed E-state index contributed by atoms with van der Waals surface area (Å²) >= 11 is 6.38. The van der Waals surface area contributed by atoms with Crippen molar-refractivity contribution in [1.29, 1.82) is 5.26 Å². The lowest BCUT2D eigenvalue weighted by Crippen LogP contribution is -2.30. The Morgan fingerprint density at radius 3 is 2.72 bits per heavy atom. The molecule has 1 saturated heterocycles. The number of rotatable bonds is 8. The molecule has 4 rings (SSSR count). The van der Waals surface area contributed by atoms with Crippen molar-refractivity contribution in [3.8, 4) is 17.3 Å². The highest BCUT2D eigenvalue weighted by molar-refractivity contribution is 6.32. The number of benzene rings is 1. The average molecular weight is 451 g/mol. The number of nitriles is 1. The molecule has 166 valence electrons. The summed E-state index contributed by atoms with van der Waals surface area (Å²) in [6, 6.07) is 10.5. The normalized spacial score (nSPS) is 18.3. The van der Waals surface area contributed by atoms with Gasteiger partial charge in [0, 0.05) is 30.2 Å². The van der Waals surface area contributed by atoms with Crippen LogP contribution >= 0.6 is 11.6 Å². The number of aromatic nitrogens is 2. The Balaban J connectivity index is 1.42. The van der Waals surface area contributed by atoms with Crippen molar-refractivity contribution in [2.75, 3.05) is 30.3 Å². The molecule has 5 N–H and O–H groups in total. The van der Waals surface area contributed by atoms with Gasteiger partial charge in [-0.25, -0.2) is 9.97 Å². The molecule has 32 heavy (non-hydrogen) atoms. The van der Waals surface area contributed by atoms with Crippen molar-refractivity contribution < 1.29 is 0 Å². The van der Waals surface area contributed by atoms with Crippen molar-refractivity contribution in [2.24, 2.45) is 16.1 Å². The second-order valence-electron chi connectivity index (χ2n) is 8.22. The van der Waals surface area contributed by atoms with Gasteiger partial charge < -0.3 is 21.7 Å². The summed E-state index contributed by atoms with van der Waals surface area (Å²) in [6.07, 6.45) is 8.71. The van der Waals surface area contributed by atoms with E-state index in [0.29, 0.717) is 34.9 Å². The Bertz CT molecular complexity index is 1030. The minimum Gasteiger partial charge on any atom is -0.403 e. The molecule has 2 fully saturated rings. The van der Waals surface area contributed by atoms with Gasteiger partial charge in [-0.1, -0.05) is 23.7 Å². The fourth-order valence-corrected chi connectivity index (χ4v) is 3.71. The first-order valence-electron chi connectivity index (χ1n) is 10.8. The largest absolute Gasteiger partial charge is 0.403 e. The van der Waals surface area contributed by atoms with Gasteiger partial charge in [0.15, 0.2) is 0 Å². The summed E-state index contributed by atoms with van der Waals surface area (Å²) in [4.78, 5) is 13.5. The summed E-state index contributed by atoms with van der Waals surface area (Å²) in [6.45, 7) is 2.63. The molecule has 2 aliphatic rings. The lowest BCUT2D eigenvalue weighted by molar-refractivity contribution is 0.461. The summed E-state index contributed by atoms with van der Waals surface area (Å²) in [5.74, 6) is 0.393. The lowest BCUT2D eigenvalue weighted by atomic mass is 10.1. The third-order valence-electron chi connectivity index (χ3n) is 5.79. The number of halogens is 1. The summed E-state index contributed by atoms with van der Waals surface area (Å²) in [7, 11) is 0. The van der Waals surface area contributed by atoms with E-state index < -0.39 is 0 Å². The van der Waals surface area contributed by atoms with Crippen LogP contribution in [-0.4, -0.2) is 41.9 Å². The Labute approximate surface area is 193 Å². The third kappa shape index (κ3) is 5.55. The highest BCUT2D eigenvalue weighted by Gasteiger charge is 2.42. The van der Waals surface area contributed by atoms with Crippen LogP contribution in [0.2, 0.25) is 5.02 Å². The third-order valence-corrected chi connectivity index (χ3v) is 6.07. The molecule has 9 heteroatoms. The molecule has 0 bridgehead atoms. The fraction of sp³-hybridized carbons (Fsp3) is 0.391. The molecule has 0 atom stereocenters. The number of allylic oxidation sites excluding steroid dienone is 1. The van der Waals surface area contributed by atoms with Gasteiger partial charge in [0.25, 0.3) is 0 Å². The van der Waals surface area contributed by atoms with Gasteiger partial charge in [-0.2, -0.15) is 5.26 Å². The molecule has 8 nitrogen and oxygen atoms in total. The van der Waals surface area contributed by atoms with Crippen molar-refractivity contribution in [3.63, 3.8) is 0 Å². The van der Waals surface area contributed by atoms with Crippen LogP contribution in [0.4, 0.5) is 11.6 Å². The van der Waals surface area contributed by atoms with Crippen LogP contribution in [-0.2, 0) is 0 Å². The summed E-state index contributed by atoms with van der Waals surface area (Å²) in [5.41, 5.74) is 8.65. The molecule has 0 radical (unpaired) electrons. The van der Waals surface area contributed by atoms with Crippen LogP contribution in [0.1, 0.15) is 25.7 Å². The van der Waals surface area contributed by atoms with E-state index in [1.165, 1.54) is 6.20 Å². The molecule has 2 heterocycles. The smallest absolute Gasteiger partial charge is 0.227 e. The van der Waals surface area contributed by atoms with Gasteiger partial charge >= 0.3 is 0 Å². The quantitative estimate of drug-likeness (QED) is 0.453. The van der Waals surface area contributed by atoms with Gasteiger partial charge in [0.2, 0.25) is 5.95 Å². The van der Waals surface area contributed by atoms with Gasteiger partial charge in [-0.05, 0) is 50.9 Å². The van der Waals surface area contributed by atoms with Crippen LogP contribution in [0.5, 0.6) is 0 Å². The van der Waals surface area contributed by atoms with Crippen molar-refractivity contribution >= 4 is 29.5 Å². The molecular weight excluding hydrogens is 424 g/mol. The zero-order valence-electron chi connectivity index (χ0n) is 17.8. The Hall–Kier alpha value is -3.15. The zero-order valence-corrected chi connectivity index (χ0v) is 18.6. The molecule has 1 saturated carbocycles. The highest BCUT2D eigenvalue weighted by atomic mass is 35.5. The number of nitrogens with one attached hydrogen (secondary N) is 3. The molecule has 0 unspecified atom stereocenters. The van der Waals surface area contributed by atoms with E-state index in [-0.39, 0.29) is 5.41 Å². The van der Waals surface area contributed by atoms with Crippen LogP contribution in [0.3, 0.4) is 0 Å². The Morgan fingerprint density at radius 2 is 2.06 bits per heavy atom. The zero-order chi connectivity index (χ0) is 22.4. The first-order valence-corrected chi connectivity index (χ1v) is 11.2. The van der Waals surface area contributed by atoms with Crippen LogP contribution in [0.25, 0.3) is 11.3 Å². The maximum Gasteiger partial charge on any atom is 0.227 e. The van der Waals surface area contributed by atoms with Crippen LogP contribution < -0.4 is 21.7 Å². The predicted octanol–water partition coefficient (Wildman–Crippen LogP) is 3.55. The lowest BCUT2D eigenvalue weighted by Gasteiger charge is -2.18. The fourth-order valence-electron chi connectivity index (χ4n) is 3.51. The number of piperidine rings is 1. The number of anilines is 2. The summed E-state index contributed by atoms with van der Waals surface area (Å²) in [5, 5.41) is 19.5.